The van der Waals surface area contributed by atoms with E-state index in [-0.39, 0.29) is 17.9 Å². The summed E-state index contributed by atoms with van der Waals surface area (Å²) in [6, 6.07) is 9.59. The number of carboxylic acids is 1. The van der Waals surface area contributed by atoms with Crippen molar-refractivity contribution < 1.29 is 55.5 Å². The van der Waals surface area contributed by atoms with Crippen LogP contribution in [-0.4, -0.2) is 72.6 Å². The molecule has 0 aromatic heterocycles. The fourth-order valence-electron chi connectivity index (χ4n) is 4.12. The molecule has 1 saturated heterocycles. The quantitative estimate of drug-likeness (QED) is 0.211. The molecule has 43 heavy (non-hydrogen) atoms. The molecule has 1 atom stereocenters. The molecule has 2 amide bonds. The Kier molecular flexibility index (Phi) is 16.7. The molecular formula is C28H39F6N3O5S. The van der Waals surface area contributed by atoms with Crippen LogP contribution in [0.1, 0.15) is 57.9 Å². The number of hydrogen-bond donors (Lipinski definition) is 3. The van der Waals surface area contributed by atoms with Crippen LogP contribution in [0.3, 0.4) is 0 Å². The molecule has 3 N–H and O–H groups in total. The van der Waals surface area contributed by atoms with Gasteiger partial charge in [0, 0.05) is 30.9 Å². The molecule has 1 heterocycles. The Hall–Kier alpha value is -2.81. The first-order valence-corrected chi connectivity index (χ1v) is 15.1. The Morgan fingerprint density at radius 2 is 1.56 bits per heavy atom. The third-order valence-electron chi connectivity index (χ3n) is 6.50. The number of aliphatic carboxylic acids is 1. The number of ketones is 1. The van der Waals surface area contributed by atoms with Crippen molar-refractivity contribution in [1.29, 1.82) is 0 Å². The van der Waals surface area contributed by atoms with Crippen LogP contribution in [-0.2, 0) is 25.7 Å². The Labute approximate surface area is 251 Å². The highest BCUT2D eigenvalue weighted by molar-refractivity contribution is 7.99. The Bertz CT molecular complexity index is 1020. The number of benzene rings is 1. The van der Waals surface area contributed by atoms with Crippen LogP contribution in [0, 0.1) is 5.92 Å². The van der Waals surface area contributed by atoms with E-state index < -0.39 is 35.9 Å². The van der Waals surface area contributed by atoms with Gasteiger partial charge in [-0.3, -0.25) is 14.4 Å². The number of carboxylic acid groups (broad SMARTS) is 1. The standard InChI is InChI=1S/C26H38F3N3O3S.C2HF3O2/c1-19(2)10-11-24(34)31-22(9-6-16-36-18-23(33)26(27,28)29)25(35)30-21-12-14-32(15-13-21)17-20-7-4-3-5-8-20;3-2(4,5)1(6)7/h3-5,7-8,19,21-22H,6,9-18H2,1-2H3,(H,30,35)(H,31,34);(H,6,7)/t22-;/m0./s1. The number of rotatable bonds is 14. The van der Waals surface area contributed by atoms with Gasteiger partial charge in [-0.2, -0.15) is 38.1 Å². The number of carbonyl (C=O) groups is 4. The van der Waals surface area contributed by atoms with Crippen LogP contribution >= 0.6 is 11.8 Å². The van der Waals surface area contributed by atoms with Crippen LogP contribution < -0.4 is 20.6 Å². The number of thioether (sulfide) groups is 1. The fraction of sp³-hybridized carbons (Fsp3) is 0.643. The molecular weight excluding hydrogens is 604 g/mol. The summed E-state index contributed by atoms with van der Waals surface area (Å²) in [6.07, 6.45) is -6.58. The zero-order valence-electron chi connectivity index (χ0n) is 24.1. The molecule has 1 aromatic rings. The molecule has 0 aliphatic carbocycles. The van der Waals surface area contributed by atoms with Crippen molar-refractivity contribution in [2.45, 2.75) is 83.4 Å². The fourth-order valence-corrected chi connectivity index (χ4v) is 4.99. The van der Waals surface area contributed by atoms with E-state index in [0.29, 0.717) is 37.4 Å². The normalized spacial score (nSPS) is 17.8. The lowest BCUT2D eigenvalue weighted by atomic mass is 10.0. The number of carbonyl (C=O) groups excluding carboxylic acids is 4. The van der Waals surface area contributed by atoms with Crippen LogP contribution in [0.2, 0.25) is 0 Å². The van der Waals surface area contributed by atoms with Gasteiger partial charge in [-0.15, -0.1) is 0 Å². The number of quaternary nitrogens is 1. The highest BCUT2D eigenvalue weighted by Crippen LogP contribution is 2.19. The molecule has 15 heteroatoms. The maximum Gasteiger partial charge on any atom is 0.450 e. The smallest absolute Gasteiger partial charge is 0.450 e. The lowest BCUT2D eigenvalue weighted by molar-refractivity contribution is -0.918. The van der Waals surface area contributed by atoms with Crippen molar-refractivity contribution in [1.82, 2.24) is 10.6 Å². The zero-order valence-corrected chi connectivity index (χ0v) is 24.9. The van der Waals surface area contributed by atoms with E-state index in [2.05, 4.69) is 22.8 Å². The van der Waals surface area contributed by atoms with E-state index >= 15 is 0 Å². The maximum atomic E-state index is 13.0. The Balaban J connectivity index is 0.00000117. The minimum atomic E-state index is -5.19. The minimum absolute atomic E-state index is 0.0332. The van der Waals surface area contributed by atoms with Gasteiger partial charge in [0.15, 0.2) is 0 Å². The molecule has 1 aliphatic heterocycles. The number of hydrogen-bond acceptors (Lipinski definition) is 6. The number of nitrogens with one attached hydrogen (secondary N) is 3. The largest absolute Gasteiger partial charge is 0.542 e. The summed E-state index contributed by atoms with van der Waals surface area (Å²) >= 11 is 0.895. The number of likely N-dealkylation sites (tertiary alicyclic amines) is 1. The first-order chi connectivity index (χ1) is 20.0. The molecule has 0 spiro atoms. The maximum absolute atomic E-state index is 13.0. The van der Waals surface area contributed by atoms with Gasteiger partial charge in [0.25, 0.3) is 0 Å². The van der Waals surface area contributed by atoms with Gasteiger partial charge in [0.2, 0.25) is 17.6 Å². The van der Waals surface area contributed by atoms with E-state index in [1.54, 1.807) is 0 Å². The van der Waals surface area contributed by atoms with Gasteiger partial charge in [-0.25, -0.2) is 0 Å². The van der Waals surface area contributed by atoms with Gasteiger partial charge in [-0.05, 0) is 30.9 Å². The summed E-state index contributed by atoms with van der Waals surface area (Å²) in [5.74, 6) is -5.20. The molecule has 1 aliphatic rings. The predicted octanol–water partition coefficient (Wildman–Crippen LogP) is 2.21. The van der Waals surface area contributed by atoms with Crippen molar-refractivity contribution in [2.24, 2.45) is 5.92 Å². The minimum Gasteiger partial charge on any atom is -0.542 e. The van der Waals surface area contributed by atoms with Crippen molar-refractivity contribution in [3.8, 4) is 0 Å². The van der Waals surface area contributed by atoms with E-state index in [1.165, 1.54) is 10.5 Å². The van der Waals surface area contributed by atoms with Crippen molar-refractivity contribution in [3.63, 3.8) is 0 Å². The van der Waals surface area contributed by atoms with E-state index in [9.17, 15) is 40.7 Å². The molecule has 0 bridgehead atoms. The number of piperidine rings is 1. The SMILES string of the molecule is CC(C)CCC(=O)N[C@@H](CCCSCC(=O)C(F)(F)F)C(=O)NC1CC[NH+](Cc2ccccc2)CC1.O=C([O-])C(F)(F)F. The van der Waals surface area contributed by atoms with Gasteiger partial charge >= 0.3 is 12.4 Å². The van der Waals surface area contributed by atoms with Crippen LogP contribution in [0.15, 0.2) is 30.3 Å². The Morgan fingerprint density at radius 3 is 2.07 bits per heavy atom. The lowest BCUT2D eigenvalue weighted by Gasteiger charge is -2.31. The van der Waals surface area contributed by atoms with Crippen molar-refractivity contribution in [3.05, 3.63) is 35.9 Å². The molecule has 0 radical (unpaired) electrons. The number of Topliss-reactive ketones (excluding diaryl/α,β-unsaturated/α-hetero) is 1. The molecule has 1 fully saturated rings. The van der Waals surface area contributed by atoms with Crippen molar-refractivity contribution in [2.75, 3.05) is 24.6 Å². The van der Waals surface area contributed by atoms with Gasteiger partial charge in [0.05, 0.1) is 18.8 Å². The molecule has 8 nitrogen and oxygen atoms in total. The molecule has 244 valence electrons. The number of halogens is 6. The average Bonchev–Trinajstić information content (AvgIpc) is 2.91. The van der Waals surface area contributed by atoms with E-state index in [1.807, 2.05) is 32.0 Å². The monoisotopic (exact) mass is 643 g/mol. The van der Waals surface area contributed by atoms with E-state index in [0.717, 1.165) is 44.2 Å². The molecule has 0 saturated carbocycles. The average molecular weight is 644 g/mol. The topological polar surface area (TPSA) is 120 Å². The van der Waals surface area contributed by atoms with Crippen molar-refractivity contribution >= 4 is 35.3 Å². The zero-order chi connectivity index (χ0) is 32.6. The third kappa shape index (κ3) is 17.2. The second kappa shape index (κ2) is 18.8. The third-order valence-corrected chi connectivity index (χ3v) is 7.54. The van der Waals surface area contributed by atoms with Gasteiger partial charge in [-0.1, -0.05) is 44.2 Å². The summed E-state index contributed by atoms with van der Waals surface area (Å²) in [5.41, 5.74) is 1.29. The highest BCUT2D eigenvalue weighted by Gasteiger charge is 2.37. The lowest BCUT2D eigenvalue weighted by Crippen LogP contribution is -3.12. The van der Waals surface area contributed by atoms with Gasteiger partial charge < -0.3 is 25.4 Å². The van der Waals surface area contributed by atoms with Crippen LogP contribution in [0.4, 0.5) is 26.3 Å². The summed E-state index contributed by atoms with van der Waals surface area (Å²) in [5, 5.41) is 14.7. The van der Waals surface area contributed by atoms with Gasteiger partial charge in [0.1, 0.15) is 18.6 Å². The second-order valence-electron chi connectivity index (χ2n) is 10.6. The predicted molar refractivity (Wildman–Crippen MR) is 147 cm³/mol. The van der Waals surface area contributed by atoms with Crippen LogP contribution in [0.5, 0.6) is 0 Å². The number of alkyl halides is 6. The summed E-state index contributed by atoms with van der Waals surface area (Å²) < 4.78 is 68.6. The first kappa shape index (κ1) is 38.2. The molecule has 1 aromatic carbocycles. The second-order valence-corrected chi connectivity index (χ2v) is 11.8. The Morgan fingerprint density at radius 1 is 0.977 bits per heavy atom. The van der Waals surface area contributed by atoms with E-state index in [4.69, 9.17) is 9.90 Å². The summed E-state index contributed by atoms with van der Waals surface area (Å²) in [6.45, 7) is 6.86. The highest BCUT2D eigenvalue weighted by atomic mass is 32.2. The van der Waals surface area contributed by atoms with Crippen LogP contribution in [0.25, 0.3) is 0 Å². The summed E-state index contributed by atoms with van der Waals surface area (Å²) in [7, 11) is 0. The molecule has 0 unspecified atom stereocenters. The summed E-state index contributed by atoms with van der Waals surface area (Å²) in [4.78, 5) is 46.7. The first-order valence-electron chi connectivity index (χ1n) is 13.9. The molecule has 2 rings (SSSR count). The number of amides is 2.